The summed E-state index contributed by atoms with van der Waals surface area (Å²) < 4.78 is 14.7. The van der Waals surface area contributed by atoms with Crippen molar-refractivity contribution in [1.82, 2.24) is 9.97 Å². The second-order valence-electron chi connectivity index (χ2n) is 5.35. The van der Waals surface area contributed by atoms with Crippen molar-refractivity contribution in [2.24, 2.45) is 0 Å². The van der Waals surface area contributed by atoms with Gasteiger partial charge in [0.1, 0.15) is 5.01 Å². The van der Waals surface area contributed by atoms with Gasteiger partial charge < -0.3 is 5.32 Å². The molecule has 0 atom stereocenters. The van der Waals surface area contributed by atoms with E-state index in [1.54, 1.807) is 23.5 Å². The number of nitrogens with one attached hydrogen (secondary N) is 1. The molecule has 0 aliphatic rings. The zero-order valence-corrected chi connectivity index (χ0v) is 13.8. The number of carbonyl (C=O) groups is 1. The van der Waals surface area contributed by atoms with Gasteiger partial charge in [0.25, 0.3) is 5.91 Å². The Morgan fingerprint density at radius 3 is 2.56 bits per heavy atom. The second-order valence-corrected chi connectivity index (χ2v) is 6.38. The van der Waals surface area contributed by atoms with Gasteiger partial charge in [-0.05, 0) is 48.5 Å². The molecule has 0 radical (unpaired) electrons. The smallest absolute Gasteiger partial charge is 0.277 e. The molecule has 6 heteroatoms. The zero-order chi connectivity index (χ0) is 17.2. The molecule has 25 heavy (non-hydrogen) atoms. The van der Waals surface area contributed by atoms with Gasteiger partial charge in [-0.15, -0.1) is 11.3 Å². The Labute approximate surface area is 147 Å². The molecule has 1 amide bonds. The minimum Gasteiger partial charge on any atom is -0.321 e. The monoisotopic (exact) mass is 349 g/mol. The van der Waals surface area contributed by atoms with E-state index >= 15 is 0 Å². The molecule has 4 aromatic rings. The molecule has 0 aliphatic carbocycles. The van der Waals surface area contributed by atoms with E-state index in [-0.39, 0.29) is 5.69 Å². The molecule has 0 bridgehead atoms. The standard InChI is InChI=1S/C19H12FN3OS/c20-14-4-3-11-21-17(14)18(24)22-13-9-7-12(8-10-13)19-23-15-5-1-2-6-16(15)25-19/h1-11H,(H,22,24). The van der Waals surface area contributed by atoms with Gasteiger partial charge in [-0.25, -0.2) is 14.4 Å². The number of amides is 1. The molecule has 0 fully saturated rings. The first-order valence-electron chi connectivity index (χ1n) is 7.58. The number of benzene rings is 2. The number of hydrogen-bond donors (Lipinski definition) is 1. The maximum absolute atomic E-state index is 13.6. The molecule has 4 nitrogen and oxygen atoms in total. The molecule has 0 aliphatic heterocycles. The Kier molecular flexibility index (Phi) is 3.95. The quantitative estimate of drug-likeness (QED) is 0.581. The lowest BCUT2D eigenvalue weighted by molar-refractivity contribution is 0.101. The molecule has 0 saturated heterocycles. The van der Waals surface area contributed by atoms with Crippen LogP contribution in [0.4, 0.5) is 10.1 Å². The van der Waals surface area contributed by atoms with E-state index in [0.29, 0.717) is 5.69 Å². The average Bonchev–Trinajstić information content (AvgIpc) is 3.07. The summed E-state index contributed by atoms with van der Waals surface area (Å²) in [5.41, 5.74) is 2.27. The Morgan fingerprint density at radius 2 is 1.80 bits per heavy atom. The van der Waals surface area contributed by atoms with Crippen LogP contribution < -0.4 is 5.32 Å². The Morgan fingerprint density at radius 1 is 1.00 bits per heavy atom. The van der Waals surface area contributed by atoms with Crippen molar-refractivity contribution < 1.29 is 9.18 Å². The number of thiazole rings is 1. The number of carbonyl (C=O) groups excluding carboxylic acids is 1. The van der Waals surface area contributed by atoms with E-state index in [1.165, 1.54) is 18.3 Å². The third kappa shape index (κ3) is 3.12. The van der Waals surface area contributed by atoms with Crippen molar-refractivity contribution in [1.29, 1.82) is 0 Å². The van der Waals surface area contributed by atoms with Crippen molar-refractivity contribution in [3.8, 4) is 10.6 Å². The normalized spacial score (nSPS) is 10.8. The van der Waals surface area contributed by atoms with Crippen LogP contribution in [0.5, 0.6) is 0 Å². The van der Waals surface area contributed by atoms with Crippen molar-refractivity contribution in [3.63, 3.8) is 0 Å². The minimum absolute atomic E-state index is 0.224. The van der Waals surface area contributed by atoms with Crippen LogP contribution in [0.3, 0.4) is 0 Å². The predicted octanol–water partition coefficient (Wildman–Crippen LogP) is 4.75. The molecule has 122 valence electrons. The Hall–Kier alpha value is -3.12. The van der Waals surface area contributed by atoms with Gasteiger partial charge in [0.15, 0.2) is 11.5 Å². The number of anilines is 1. The topological polar surface area (TPSA) is 54.9 Å². The molecule has 2 heterocycles. The number of fused-ring (bicyclic) bond motifs is 1. The lowest BCUT2D eigenvalue weighted by atomic mass is 10.2. The van der Waals surface area contributed by atoms with Gasteiger partial charge in [-0.3, -0.25) is 4.79 Å². The van der Waals surface area contributed by atoms with Crippen molar-refractivity contribution >= 4 is 33.1 Å². The maximum Gasteiger partial charge on any atom is 0.277 e. The molecular weight excluding hydrogens is 337 g/mol. The van der Waals surface area contributed by atoms with E-state index in [1.807, 2.05) is 36.4 Å². The van der Waals surface area contributed by atoms with E-state index in [4.69, 9.17) is 0 Å². The molecule has 0 saturated carbocycles. The van der Waals surface area contributed by atoms with Crippen molar-refractivity contribution in [2.75, 3.05) is 5.32 Å². The number of pyridine rings is 1. The number of aromatic nitrogens is 2. The van der Waals surface area contributed by atoms with Crippen LogP contribution in [-0.4, -0.2) is 15.9 Å². The fourth-order valence-corrected chi connectivity index (χ4v) is 3.41. The first-order valence-corrected chi connectivity index (χ1v) is 8.40. The summed E-state index contributed by atoms with van der Waals surface area (Å²) in [5, 5.41) is 3.56. The number of halogens is 1. The Bertz CT molecular complexity index is 1030. The number of para-hydroxylation sites is 1. The van der Waals surface area contributed by atoms with Crippen molar-refractivity contribution in [2.45, 2.75) is 0 Å². The molecule has 2 aromatic heterocycles. The van der Waals surface area contributed by atoms with Crippen LogP contribution in [0.25, 0.3) is 20.8 Å². The highest BCUT2D eigenvalue weighted by Crippen LogP contribution is 2.30. The third-order valence-corrected chi connectivity index (χ3v) is 4.74. The van der Waals surface area contributed by atoms with Gasteiger partial charge in [0, 0.05) is 17.4 Å². The number of rotatable bonds is 3. The van der Waals surface area contributed by atoms with Crippen molar-refractivity contribution in [3.05, 3.63) is 78.4 Å². The molecule has 0 unspecified atom stereocenters. The van der Waals surface area contributed by atoms with Crippen LogP contribution in [0.2, 0.25) is 0 Å². The van der Waals surface area contributed by atoms with E-state index in [0.717, 1.165) is 20.8 Å². The first kappa shape index (κ1) is 15.4. The highest BCUT2D eigenvalue weighted by Gasteiger charge is 2.13. The van der Waals surface area contributed by atoms with Gasteiger partial charge in [-0.2, -0.15) is 0 Å². The maximum atomic E-state index is 13.6. The van der Waals surface area contributed by atoms with Gasteiger partial charge in [0.2, 0.25) is 0 Å². The summed E-state index contributed by atoms with van der Waals surface area (Å²) in [6, 6.07) is 17.9. The summed E-state index contributed by atoms with van der Waals surface area (Å²) >= 11 is 1.61. The first-order chi connectivity index (χ1) is 12.2. The fraction of sp³-hybridized carbons (Fsp3) is 0. The van der Waals surface area contributed by atoms with Crippen LogP contribution in [0.1, 0.15) is 10.5 Å². The van der Waals surface area contributed by atoms with Crippen LogP contribution in [0, 0.1) is 5.82 Å². The lowest BCUT2D eigenvalue weighted by Crippen LogP contribution is -2.15. The number of nitrogens with zero attached hydrogens (tertiary/aromatic N) is 2. The predicted molar refractivity (Wildman–Crippen MR) is 97.2 cm³/mol. The summed E-state index contributed by atoms with van der Waals surface area (Å²) in [6.07, 6.45) is 1.38. The summed E-state index contributed by atoms with van der Waals surface area (Å²) in [4.78, 5) is 20.5. The highest BCUT2D eigenvalue weighted by molar-refractivity contribution is 7.21. The molecule has 4 rings (SSSR count). The lowest BCUT2D eigenvalue weighted by Gasteiger charge is -2.06. The Balaban J connectivity index is 1.56. The molecular formula is C19H12FN3OS. The highest BCUT2D eigenvalue weighted by atomic mass is 32.1. The molecule has 2 aromatic carbocycles. The second kappa shape index (κ2) is 6.41. The fourth-order valence-electron chi connectivity index (χ4n) is 2.43. The summed E-state index contributed by atoms with van der Waals surface area (Å²) in [5.74, 6) is -1.23. The van der Waals surface area contributed by atoms with Crippen LogP contribution in [0.15, 0.2) is 66.9 Å². The third-order valence-electron chi connectivity index (χ3n) is 3.66. The summed E-state index contributed by atoms with van der Waals surface area (Å²) in [6.45, 7) is 0. The van der Waals surface area contributed by atoms with E-state index < -0.39 is 11.7 Å². The zero-order valence-electron chi connectivity index (χ0n) is 12.9. The minimum atomic E-state index is -0.647. The van der Waals surface area contributed by atoms with E-state index in [9.17, 15) is 9.18 Å². The summed E-state index contributed by atoms with van der Waals surface area (Å²) in [7, 11) is 0. The van der Waals surface area contributed by atoms with Crippen LogP contribution >= 0.6 is 11.3 Å². The molecule has 1 N–H and O–H groups in total. The van der Waals surface area contributed by atoms with E-state index in [2.05, 4.69) is 15.3 Å². The SMILES string of the molecule is O=C(Nc1ccc(-c2nc3ccccc3s2)cc1)c1ncccc1F. The molecule has 0 spiro atoms. The van der Waals surface area contributed by atoms with Crippen LogP contribution in [-0.2, 0) is 0 Å². The van der Waals surface area contributed by atoms with Gasteiger partial charge >= 0.3 is 0 Å². The largest absolute Gasteiger partial charge is 0.321 e. The van der Waals surface area contributed by atoms with Gasteiger partial charge in [0.05, 0.1) is 10.2 Å². The average molecular weight is 349 g/mol. The van der Waals surface area contributed by atoms with Gasteiger partial charge in [-0.1, -0.05) is 12.1 Å². The number of hydrogen-bond acceptors (Lipinski definition) is 4.